The van der Waals surface area contributed by atoms with Crippen molar-refractivity contribution in [3.05, 3.63) is 23.0 Å². The van der Waals surface area contributed by atoms with E-state index in [2.05, 4.69) is 5.32 Å². The molecule has 0 bridgehead atoms. The molecule has 6 atom stereocenters. The number of carbonyl (C=O) groups is 6. The molecule has 5 rings (SSSR count). The minimum atomic E-state index is -2.90. The Balaban J connectivity index is 1.52. The molecule has 1 aliphatic heterocycles. The molecule has 12 nitrogen and oxygen atoms in total. The molecule has 1 aromatic carbocycles. The van der Waals surface area contributed by atoms with Gasteiger partial charge in [0, 0.05) is 30.6 Å². The van der Waals surface area contributed by atoms with E-state index in [1.165, 1.54) is 23.9 Å². The number of amides is 2. The average molecular weight is 563 g/mol. The summed E-state index contributed by atoms with van der Waals surface area (Å²) >= 11 is 0. The number of nitrogens with two attached hydrogens (primary N) is 1. The second-order valence-electron chi connectivity index (χ2n) is 11.2. The third-order valence-electron chi connectivity index (χ3n) is 8.56. The van der Waals surface area contributed by atoms with Gasteiger partial charge in [0.05, 0.1) is 29.8 Å². The van der Waals surface area contributed by atoms with E-state index in [0.29, 0.717) is 0 Å². The standard InChI is InChI=1S/C26H28F2N4O8/c1-31(2)19-12-4-9-3-11-13(28)5-14(30-15(33)8-32-6-10(27)7-32)20(34)17(11)21(35)16(9)23(37)26(12,40)24(38)18(22(19)36)25(29)39/h5,9-10,12,16,18-19,34,40H,3-4,6-8H2,1-2H3,(H2,29,39)(H,30,33)/t9-,12-,16?,18?,19-,26-/m0/s1. The number of nitrogens with zero attached hydrogens (tertiary/aromatic N) is 2. The zero-order valence-corrected chi connectivity index (χ0v) is 21.6. The van der Waals surface area contributed by atoms with E-state index < -0.39 is 99.3 Å². The number of aromatic hydroxyl groups is 1. The van der Waals surface area contributed by atoms with Crippen LogP contribution in [0.25, 0.3) is 0 Å². The van der Waals surface area contributed by atoms with Crippen LogP contribution in [0, 0.1) is 29.5 Å². The quantitative estimate of drug-likeness (QED) is 0.246. The number of likely N-dealkylation sites (tertiary alicyclic amines) is 1. The van der Waals surface area contributed by atoms with Crippen LogP contribution in [0.15, 0.2) is 6.07 Å². The van der Waals surface area contributed by atoms with E-state index in [-0.39, 0.29) is 38.0 Å². The fraction of sp³-hybridized carbons (Fsp3) is 0.538. The molecular weight excluding hydrogens is 534 g/mol. The van der Waals surface area contributed by atoms with Crippen molar-refractivity contribution in [3.8, 4) is 5.75 Å². The Kier molecular flexibility index (Phi) is 6.63. The van der Waals surface area contributed by atoms with Gasteiger partial charge in [-0.3, -0.25) is 38.6 Å². The summed E-state index contributed by atoms with van der Waals surface area (Å²) in [5.41, 5.74) is 1.15. The van der Waals surface area contributed by atoms with Crippen molar-refractivity contribution >= 4 is 40.6 Å². The molecule has 3 fully saturated rings. The lowest BCUT2D eigenvalue weighted by molar-refractivity contribution is -0.181. The molecule has 1 saturated heterocycles. The first-order chi connectivity index (χ1) is 18.7. The number of hydrogen-bond acceptors (Lipinski definition) is 10. The van der Waals surface area contributed by atoms with Crippen molar-refractivity contribution < 1.29 is 47.8 Å². The van der Waals surface area contributed by atoms with E-state index in [4.69, 9.17) is 5.73 Å². The van der Waals surface area contributed by atoms with Gasteiger partial charge >= 0.3 is 0 Å². The fourth-order valence-electron chi connectivity index (χ4n) is 6.75. The maximum Gasteiger partial charge on any atom is 0.238 e. The van der Waals surface area contributed by atoms with Crippen LogP contribution in [0.4, 0.5) is 14.5 Å². The molecule has 5 N–H and O–H groups in total. The molecule has 0 radical (unpaired) electrons. The van der Waals surface area contributed by atoms with E-state index in [0.717, 1.165) is 6.07 Å². The van der Waals surface area contributed by atoms with Crippen LogP contribution in [0.2, 0.25) is 0 Å². The second-order valence-corrected chi connectivity index (χ2v) is 11.2. The summed E-state index contributed by atoms with van der Waals surface area (Å²) in [5.74, 6) is -14.5. The number of Topliss-reactive ketones (excluding diaryl/α,β-unsaturated/α-hetero) is 4. The van der Waals surface area contributed by atoms with Gasteiger partial charge in [-0.2, -0.15) is 0 Å². The van der Waals surface area contributed by atoms with Gasteiger partial charge in [0.1, 0.15) is 17.7 Å². The molecule has 40 heavy (non-hydrogen) atoms. The number of fused-ring (bicyclic) bond motifs is 3. The number of benzene rings is 1. The van der Waals surface area contributed by atoms with Gasteiger partial charge < -0.3 is 21.3 Å². The van der Waals surface area contributed by atoms with Gasteiger partial charge in [0.25, 0.3) is 0 Å². The monoisotopic (exact) mass is 562 g/mol. The number of carbonyl (C=O) groups excluding carboxylic acids is 6. The first kappa shape index (κ1) is 27.9. The van der Waals surface area contributed by atoms with Crippen LogP contribution in [0.5, 0.6) is 5.75 Å². The minimum Gasteiger partial charge on any atom is -0.505 e. The highest BCUT2D eigenvalue weighted by Crippen LogP contribution is 2.51. The number of primary amides is 1. The second kappa shape index (κ2) is 9.49. The number of anilines is 1. The third-order valence-corrected chi connectivity index (χ3v) is 8.56. The third kappa shape index (κ3) is 3.96. The predicted octanol–water partition coefficient (Wildman–Crippen LogP) is -1.40. The van der Waals surface area contributed by atoms with Crippen molar-refractivity contribution in [3.63, 3.8) is 0 Å². The predicted molar refractivity (Wildman–Crippen MR) is 131 cm³/mol. The zero-order valence-electron chi connectivity index (χ0n) is 21.6. The first-order valence-corrected chi connectivity index (χ1v) is 12.7. The number of phenols is 1. The van der Waals surface area contributed by atoms with Crippen molar-refractivity contribution in [2.75, 3.05) is 39.0 Å². The normalized spacial score (nSPS) is 32.3. The molecule has 4 aliphatic rings. The minimum absolute atomic E-state index is 0.0428. The lowest BCUT2D eigenvalue weighted by atomic mass is 9.52. The first-order valence-electron chi connectivity index (χ1n) is 12.7. The van der Waals surface area contributed by atoms with Crippen molar-refractivity contribution in [1.29, 1.82) is 0 Å². The number of aliphatic hydroxyl groups is 1. The number of halogens is 2. The number of hydrogen-bond donors (Lipinski definition) is 4. The van der Waals surface area contributed by atoms with Crippen LogP contribution in [0.1, 0.15) is 22.3 Å². The Morgan fingerprint density at radius 2 is 1.85 bits per heavy atom. The number of nitrogens with one attached hydrogen (secondary N) is 1. The van der Waals surface area contributed by atoms with Gasteiger partial charge in [-0.25, -0.2) is 8.78 Å². The highest BCUT2D eigenvalue weighted by atomic mass is 19.1. The Labute approximate surface area is 226 Å². The molecule has 2 amide bonds. The average Bonchev–Trinajstić information content (AvgIpc) is 2.83. The number of alkyl halides is 1. The van der Waals surface area contributed by atoms with Crippen LogP contribution in [-0.2, 0) is 30.4 Å². The zero-order chi connectivity index (χ0) is 29.4. The van der Waals surface area contributed by atoms with E-state index in [1.807, 2.05) is 0 Å². The van der Waals surface area contributed by atoms with Gasteiger partial charge in [0.15, 0.2) is 34.7 Å². The lowest BCUT2D eigenvalue weighted by Crippen LogP contribution is -2.74. The summed E-state index contributed by atoms with van der Waals surface area (Å²) in [6.07, 6.45) is -1.52. The summed E-state index contributed by atoms with van der Waals surface area (Å²) in [4.78, 5) is 81.0. The number of rotatable bonds is 5. The number of likely N-dealkylation sites (N-methyl/N-ethyl adjacent to an activating group) is 1. The Morgan fingerprint density at radius 3 is 2.42 bits per heavy atom. The Morgan fingerprint density at radius 1 is 1.20 bits per heavy atom. The van der Waals surface area contributed by atoms with Crippen LogP contribution < -0.4 is 11.1 Å². The molecule has 2 saturated carbocycles. The smallest absolute Gasteiger partial charge is 0.238 e. The molecule has 2 unspecified atom stereocenters. The Bertz CT molecular complexity index is 1380. The van der Waals surface area contributed by atoms with Crippen LogP contribution >= 0.6 is 0 Å². The maximum absolute atomic E-state index is 15.3. The summed E-state index contributed by atoms with van der Waals surface area (Å²) in [6, 6.07) is -0.431. The number of phenolic OH excluding ortho intramolecular Hbond substituents is 1. The van der Waals surface area contributed by atoms with E-state index in [9.17, 15) is 43.4 Å². The molecule has 0 spiro atoms. The lowest BCUT2D eigenvalue weighted by Gasteiger charge is -2.52. The van der Waals surface area contributed by atoms with Gasteiger partial charge in [-0.05, 0) is 32.9 Å². The van der Waals surface area contributed by atoms with Gasteiger partial charge in [0.2, 0.25) is 11.8 Å². The van der Waals surface area contributed by atoms with Crippen molar-refractivity contribution in [2.45, 2.75) is 30.7 Å². The highest BCUT2D eigenvalue weighted by molar-refractivity contribution is 6.32. The summed E-state index contributed by atoms with van der Waals surface area (Å²) in [7, 11) is 2.92. The van der Waals surface area contributed by atoms with E-state index >= 15 is 4.39 Å². The summed E-state index contributed by atoms with van der Waals surface area (Å²) in [5, 5.41) is 24.7. The molecule has 3 aliphatic carbocycles. The molecule has 214 valence electrons. The molecule has 0 aromatic heterocycles. The SMILES string of the molecule is CN(C)[C@@H]1C(=O)C(C(N)=O)C(=O)[C@@]2(O)C(=O)C3C(=O)c4c(O)c(NC(=O)CN5CC(F)C5)cc(F)c4C[C@H]3C[C@@H]12. The van der Waals surface area contributed by atoms with Crippen molar-refractivity contribution in [1.82, 2.24) is 9.80 Å². The number of ketones is 4. The Hall–Kier alpha value is -3.62. The topological polar surface area (TPSA) is 187 Å². The summed E-state index contributed by atoms with van der Waals surface area (Å²) in [6.45, 7) is -0.152. The largest absolute Gasteiger partial charge is 0.505 e. The van der Waals surface area contributed by atoms with Gasteiger partial charge in [-0.1, -0.05) is 0 Å². The maximum atomic E-state index is 15.3. The van der Waals surface area contributed by atoms with Gasteiger partial charge in [-0.15, -0.1) is 0 Å². The molecule has 1 aromatic rings. The van der Waals surface area contributed by atoms with E-state index in [1.54, 1.807) is 0 Å². The molecule has 14 heteroatoms. The summed E-state index contributed by atoms with van der Waals surface area (Å²) < 4.78 is 28.3. The fourth-order valence-corrected chi connectivity index (χ4v) is 6.75. The van der Waals surface area contributed by atoms with Crippen LogP contribution in [0.3, 0.4) is 0 Å². The highest BCUT2D eigenvalue weighted by Gasteiger charge is 2.69. The molecule has 1 heterocycles. The molecular formula is C26H28F2N4O8. The van der Waals surface area contributed by atoms with Crippen molar-refractivity contribution in [2.24, 2.45) is 29.4 Å². The van der Waals surface area contributed by atoms with Crippen LogP contribution in [-0.4, -0.2) is 107 Å².